The van der Waals surface area contributed by atoms with E-state index < -0.39 is 0 Å². The molecule has 1 saturated heterocycles. The number of halogens is 2. The zero-order valence-corrected chi connectivity index (χ0v) is 19.6. The van der Waals surface area contributed by atoms with E-state index in [1.54, 1.807) is 36.4 Å². The first-order valence-electron chi connectivity index (χ1n) is 10.8. The molecule has 32 heavy (non-hydrogen) atoms. The first-order valence-corrected chi connectivity index (χ1v) is 12.0. The van der Waals surface area contributed by atoms with Gasteiger partial charge in [0.1, 0.15) is 0 Å². The number of amides is 3. The van der Waals surface area contributed by atoms with Crippen LogP contribution in [0.25, 0.3) is 0 Å². The zero-order chi connectivity index (χ0) is 22.3. The van der Waals surface area contributed by atoms with Gasteiger partial charge < -0.3 is 5.32 Å². The van der Waals surface area contributed by atoms with Crippen molar-refractivity contribution in [2.24, 2.45) is 35.5 Å². The fourth-order valence-electron chi connectivity index (χ4n) is 5.98. The van der Waals surface area contributed by atoms with Crippen molar-refractivity contribution in [2.45, 2.75) is 13.3 Å². The fourth-order valence-corrected chi connectivity index (χ4v) is 6.57. The van der Waals surface area contributed by atoms with Crippen molar-refractivity contribution >= 4 is 56.6 Å². The van der Waals surface area contributed by atoms with Crippen LogP contribution in [0.3, 0.4) is 0 Å². The van der Waals surface area contributed by atoms with Gasteiger partial charge in [0, 0.05) is 15.7 Å². The third kappa shape index (κ3) is 2.78. The summed E-state index contributed by atoms with van der Waals surface area (Å²) in [5.74, 6) is 0.365. The molecule has 2 saturated carbocycles. The highest BCUT2D eigenvalue weighted by Crippen LogP contribution is 2.65. The van der Waals surface area contributed by atoms with Gasteiger partial charge in [-0.15, -0.1) is 0 Å². The molecule has 3 fully saturated rings. The zero-order valence-electron chi connectivity index (χ0n) is 17.2. The lowest BCUT2D eigenvalue weighted by Crippen LogP contribution is -2.40. The summed E-state index contributed by atoms with van der Waals surface area (Å²) in [5.41, 5.74) is 2.19. The van der Waals surface area contributed by atoms with Crippen molar-refractivity contribution in [1.29, 1.82) is 0 Å². The molecular weight excluding hydrogens is 492 g/mol. The van der Waals surface area contributed by atoms with E-state index in [2.05, 4.69) is 33.4 Å². The molecule has 1 aliphatic heterocycles. The van der Waals surface area contributed by atoms with E-state index in [4.69, 9.17) is 11.6 Å². The Morgan fingerprint density at radius 3 is 2.38 bits per heavy atom. The van der Waals surface area contributed by atoms with E-state index in [-0.39, 0.29) is 41.4 Å². The normalized spacial score (nSPS) is 31.5. The number of anilines is 2. The van der Waals surface area contributed by atoms with Crippen LogP contribution in [0.15, 0.2) is 53.0 Å². The summed E-state index contributed by atoms with van der Waals surface area (Å²) in [4.78, 5) is 40.9. The number of carbonyl (C=O) groups is 3. The minimum atomic E-state index is -0.326. The van der Waals surface area contributed by atoms with E-state index in [0.717, 1.165) is 16.5 Å². The van der Waals surface area contributed by atoms with Gasteiger partial charge in [-0.2, -0.15) is 0 Å². The van der Waals surface area contributed by atoms with E-state index in [1.807, 2.05) is 6.92 Å². The van der Waals surface area contributed by atoms with Gasteiger partial charge in [0.15, 0.2) is 0 Å². The molecular formula is C25H20BrClN2O3. The lowest BCUT2D eigenvalue weighted by Gasteiger charge is -2.37. The van der Waals surface area contributed by atoms with Crippen LogP contribution in [-0.4, -0.2) is 17.7 Å². The van der Waals surface area contributed by atoms with Crippen LogP contribution >= 0.6 is 27.5 Å². The van der Waals surface area contributed by atoms with Crippen LogP contribution in [0.2, 0.25) is 5.02 Å². The molecule has 0 spiro atoms. The molecule has 3 amide bonds. The number of nitrogens with one attached hydrogen (secondary N) is 1. The summed E-state index contributed by atoms with van der Waals surface area (Å²) in [6.45, 7) is 1.83. The van der Waals surface area contributed by atoms with Crippen LogP contribution in [0.1, 0.15) is 22.3 Å². The fraction of sp³-hybridized carbons (Fsp3) is 0.320. The van der Waals surface area contributed by atoms with Crippen molar-refractivity contribution in [3.63, 3.8) is 0 Å². The molecule has 5 aliphatic rings. The van der Waals surface area contributed by atoms with E-state index in [1.165, 1.54) is 4.90 Å². The Balaban J connectivity index is 1.28. The maximum atomic E-state index is 13.3. The Morgan fingerprint density at radius 1 is 1.06 bits per heavy atom. The van der Waals surface area contributed by atoms with Crippen LogP contribution in [-0.2, 0) is 9.59 Å². The van der Waals surface area contributed by atoms with Crippen molar-refractivity contribution in [2.75, 3.05) is 10.2 Å². The second-order valence-electron chi connectivity index (χ2n) is 9.20. The molecule has 0 unspecified atom stereocenters. The van der Waals surface area contributed by atoms with Gasteiger partial charge in [0.2, 0.25) is 11.8 Å². The molecule has 2 bridgehead atoms. The monoisotopic (exact) mass is 510 g/mol. The van der Waals surface area contributed by atoms with Gasteiger partial charge in [-0.3, -0.25) is 14.4 Å². The van der Waals surface area contributed by atoms with Gasteiger partial charge >= 0.3 is 0 Å². The first kappa shape index (κ1) is 20.2. The van der Waals surface area contributed by atoms with Crippen LogP contribution in [0, 0.1) is 42.4 Å². The van der Waals surface area contributed by atoms with Crippen molar-refractivity contribution in [1.82, 2.24) is 0 Å². The molecule has 2 aromatic carbocycles. The number of allylic oxidation sites excluding steroid dienone is 2. The molecule has 4 aliphatic carbocycles. The molecule has 0 aromatic heterocycles. The lowest BCUT2D eigenvalue weighted by molar-refractivity contribution is -0.124. The van der Waals surface area contributed by atoms with Crippen LogP contribution in [0.5, 0.6) is 0 Å². The van der Waals surface area contributed by atoms with Gasteiger partial charge in [0.05, 0.1) is 22.5 Å². The van der Waals surface area contributed by atoms with Gasteiger partial charge in [0.25, 0.3) is 5.91 Å². The van der Waals surface area contributed by atoms with Crippen molar-refractivity contribution in [3.05, 3.63) is 69.2 Å². The smallest absolute Gasteiger partial charge is 0.255 e. The van der Waals surface area contributed by atoms with Crippen LogP contribution < -0.4 is 10.2 Å². The molecule has 1 N–H and O–H groups in total. The molecule has 7 heteroatoms. The molecule has 1 heterocycles. The van der Waals surface area contributed by atoms with E-state index in [9.17, 15) is 14.4 Å². The number of imide groups is 1. The highest BCUT2D eigenvalue weighted by Gasteiger charge is 2.67. The summed E-state index contributed by atoms with van der Waals surface area (Å²) >= 11 is 9.65. The Labute approximate surface area is 198 Å². The molecule has 7 rings (SSSR count). The highest BCUT2D eigenvalue weighted by atomic mass is 79.9. The number of hydrogen-bond acceptors (Lipinski definition) is 3. The standard InChI is InChI=1S/C25H20BrClN2O3/c1-11-19(8-7-18(26)22(11)27)28-23(30)12-3-2-4-13(9-12)29-24(31)20-14-5-6-15(17-10-16(14)17)21(20)25(29)32/h2-9,14-17,20-21H,10H2,1H3,(H,28,30)/t14-,15-,16-,17+,20-,21+/m0/s1. The summed E-state index contributed by atoms with van der Waals surface area (Å²) in [6.07, 6.45) is 5.44. The second kappa shape index (κ2) is 7.03. The van der Waals surface area contributed by atoms with Crippen molar-refractivity contribution < 1.29 is 14.4 Å². The largest absolute Gasteiger partial charge is 0.322 e. The summed E-state index contributed by atoms with van der Waals surface area (Å²) < 4.78 is 0.755. The maximum absolute atomic E-state index is 13.3. The molecule has 5 nitrogen and oxygen atoms in total. The maximum Gasteiger partial charge on any atom is 0.255 e. The van der Waals surface area contributed by atoms with E-state index >= 15 is 0 Å². The Morgan fingerprint density at radius 2 is 1.72 bits per heavy atom. The Bertz CT molecular complexity index is 1210. The Kier molecular flexibility index (Phi) is 4.43. The quantitative estimate of drug-likeness (QED) is 0.454. The Hall–Kier alpha value is -2.44. The average molecular weight is 512 g/mol. The second-order valence-corrected chi connectivity index (χ2v) is 10.4. The lowest BCUT2D eigenvalue weighted by atomic mass is 9.63. The highest BCUT2D eigenvalue weighted by molar-refractivity contribution is 9.10. The molecule has 6 atom stereocenters. The van der Waals surface area contributed by atoms with Gasteiger partial charge in [-0.05, 0) is 88.8 Å². The topological polar surface area (TPSA) is 66.5 Å². The number of rotatable bonds is 3. The summed E-state index contributed by atoms with van der Waals surface area (Å²) in [5, 5.41) is 3.41. The third-order valence-corrected chi connectivity index (χ3v) is 8.99. The molecule has 2 aromatic rings. The molecule has 0 radical (unpaired) electrons. The van der Waals surface area contributed by atoms with Gasteiger partial charge in [-0.25, -0.2) is 4.90 Å². The average Bonchev–Trinajstić information content (AvgIpc) is 3.57. The number of benzene rings is 2. The SMILES string of the molecule is Cc1c(NC(=O)c2cccc(N3C(=O)[C@@H]4[C@H]5C=C[C@@H]([C@@H]6C[C@H]56)[C@@H]4C3=O)c2)ccc(Br)c1Cl. The summed E-state index contributed by atoms with van der Waals surface area (Å²) in [7, 11) is 0. The third-order valence-electron chi connectivity index (χ3n) is 7.62. The van der Waals surface area contributed by atoms with Gasteiger partial charge in [-0.1, -0.05) is 29.8 Å². The minimum absolute atomic E-state index is 0.127. The summed E-state index contributed by atoms with van der Waals surface area (Å²) in [6, 6.07) is 10.3. The predicted octanol–water partition coefficient (Wildman–Crippen LogP) is 5.22. The van der Waals surface area contributed by atoms with E-state index in [0.29, 0.717) is 33.8 Å². The first-order chi connectivity index (χ1) is 15.4. The number of hydrogen-bond donors (Lipinski definition) is 1. The molecule has 162 valence electrons. The number of carbonyl (C=O) groups excluding carboxylic acids is 3. The minimum Gasteiger partial charge on any atom is -0.322 e. The number of nitrogens with zero attached hydrogens (tertiary/aromatic N) is 1. The van der Waals surface area contributed by atoms with Crippen LogP contribution in [0.4, 0.5) is 11.4 Å². The van der Waals surface area contributed by atoms with Crippen molar-refractivity contribution in [3.8, 4) is 0 Å². The predicted molar refractivity (Wildman–Crippen MR) is 125 cm³/mol.